The zero-order valence-corrected chi connectivity index (χ0v) is 25.3. The SMILES string of the molecule is Cc1cc(C)c(C(=O)Nc2cc(Cn3cncn3)cc(C(C)(C)C#N)c2)cc1C#Cc1cnc2c(Nc3cn[nH]c3)cccn12. The van der Waals surface area contributed by atoms with Crippen molar-refractivity contribution in [2.24, 2.45) is 0 Å². The fourth-order valence-corrected chi connectivity index (χ4v) is 5.02. The molecule has 45 heavy (non-hydrogen) atoms. The monoisotopic (exact) mass is 594 g/mol. The van der Waals surface area contributed by atoms with Gasteiger partial charge in [0.25, 0.3) is 5.91 Å². The van der Waals surface area contributed by atoms with Crippen LogP contribution in [0.4, 0.5) is 17.1 Å². The predicted molar refractivity (Wildman–Crippen MR) is 171 cm³/mol. The minimum Gasteiger partial charge on any atom is -0.350 e. The summed E-state index contributed by atoms with van der Waals surface area (Å²) in [6, 6.07) is 15.7. The number of aromatic amines is 1. The Hall–Kier alpha value is -6.20. The van der Waals surface area contributed by atoms with Gasteiger partial charge in [-0.05, 0) is 86.2 Å². The zero-order chi connectivity index (χ0) is 31.6. The van der Waals surface area contributed by atoms with Crippen LogP contribution in [0.25, 0.3) is 5.65 Å². The van der Waals surface area contributed by atoms with Gasteiger partial charge in [-0.3, -0.25) is 14.3 Å². The molecule has 0 bridgehead atoms. The molecule has 0 fully saturated rings. The van der Waals surface area contributed by atoms with Crippen LogP contribution in [0.5, 0.6) is 0 Å². The van der Waals surface area contributed by atoms with E-state index in [0.717, 1.165) is 44.8 Å². The first-order valence-corrected chi connectivity index (χ1v) is 14.2. The Morgan fingerprint density at radius 3 is 2.69 bits per heavy atom. The molecule has 0 saturated heterocycles. The highest BCUT2D eigenvalue weighted by Gasteiger charge is 2.22. The quantitative estimate of drug-likeness (QED) is 0.207. The molecule has 11 heteroatoms. The third-order valence-corrected chi connectivity index (χ3v) is 7.52. The number of hydrogen-bond donors (Lipinski definition) is 3. The average molecular weight is 595 g/mol. The molecule has 0 aliphatic rings. The molecule has 0 saturated carbocycles. The number of aryl methyl sites for hydroxylation is 2. The molecule has 0 aliphatic carbocycles. The van der Waals surface area contributed by atoms with Crippen molar-refractivity contribution in [3.05, 3.63) is 119 Å². The lowest BCUT2D eigenvalue weighted by Gasteiger charge is -2.19. The highest BCUT2D eigenvalue weighted by atomic mass is 16.1. The van der Waals surface area contributed by atoms with Crippen molar-refractivity contribution in [3.63, 3.8) is 0 Å². The number of anilines is 3. The molecule has 2 aromatic carbocycles. The summed E-state index contributed by atoms with van der Waals surface area (Å²) in [4.78, 5) is 22.2. The van der Waals surface area contributed by atoms with Crippen LogP contribution >= 0.6 is 0 Å². The van der Waals surface area contributed by atoms with Crippen LogP contribution in [0, 0.1) is 37.0 Å². The molecule has 6 rings (SSSR count). The van der Waals surface area contributed by atoms with Crippen molar-refractivity contribution >= 4 is 28.6 Å². The van der Waals surface area contributed by atoms with Gasteiger partial charge in [-0.2, -0.15) is 15.5 Å². The van der Waals surface area contributed by atoms with Crippen molar-refractivity contribution in [2.75, 3.05) is 10.6 Å². The molecular weight excluding hydrogens is 564 g/mol. The summed E-state index contributed by atoms with van der Waals surface area (Å²) >= 11 is 0. The highest BCUT2D eigenvalue weighted by molar-refractivity contribution is 6.05. The van der Waals surface area contributed by atoms with Crippen LogP contribution in [-0.2, 0) is 12.0 Å². The number of pyridine rings is 1. The number of nitrogens with zero attached hydrogens (tertiary/aromatic N) is 7. The van der Waals surface area contributed by atoms with E-state index < -0.39 is 5.41 Å². The van der Waals surface area contributed by atoms with Crippen LogP contribution in [-0.4, -0.2) is 40.3 Å². The van der Waals surface area contributed by atoms with E-state index in [-0.39, 0.29) is 5.91 Å². The van der Waals surface area contributed by atoms with Gasteiger partial charge < -0.3 is 10.6 Å². The maximum atomic E-state index is 13.7. The number of nitrogens with one attached hydrogen (secondary N) is 3. The molecule has 0 spiro atoms. The van der Waals surface area contributed by atoms with Crippen molar-refractivity contribution in [2.45, 2.75) is 39.7 Å². The van der Waals surface area contributed by atoms with Gasteiger partial charge in [-0.15, -0.1) is 0 Å². The summed E-state index contributed by atoms with van der Waals surface area (Å²) in [5.41, 5.74) is 7.65. The number of carbonyl (C=O) groups is 1. The molecule has 0 unspecified atom stereocenters. The van der Waals surface area contributed by atoms with E-state index in [0.29, 0.717) is 23.5 Å². The Kier molecular flexibility index (Phi) is 7.59. The van der Waals surface area contributed by atoms with Crippen LogP contribution in [0.3, 0.4) is 0 Å². The lowest BCUT2D eigenvalue weighted by Crippen LogP contribution is -2.18. The number of aromatic nitrogens is 7. The Balaban J connectivity index is 1.29. The Morgan fingerprint density at radius 2 is 1.93 bits per heavy atom. The Bertz CT molecular complexity index is 2120. The van der Waals surface area contributed by atoms with E-state index in [1.54, 1.807) is 29.6 Å². The van der Waals surface area contributed by atoms with E-state index in [4.69, 9.17) is 0 Å². The third-order valence-electron chi connectivity index (χ3n) is 7.52. The molecule has 222 valence electrons. The van der Waals surface area contributed by atoms with E-state index in [9.17, 15) is 10.1 Å². The van der Waals surface area contributed by atoms with E-state index >= 15 is 0 Å². The van der Waals surface area contributed by atoms with Crippen molar-refractivity contribution < 1.29 is 4.79 Å². The number of H-pyrrole nitrogens is 1. The molecule has 1 amide bonds. The maximum absolute atomic E-state index is 13.7. The topological polar surface area (TPSA) is 142 Å². The van der Waals surface area contributed by atoms with Gasteiger partial charge in [-0.25, -0.2) is 14.6 Å². The van der Waals surface area contributed by atoms with Crippen molar-refractivity contribution in [3.8, 4) is 17.9 Å². The normalized spacial score (nSPS) is 11.1. The fraction of sp³-hybridized carbons (Fsp3) is 0.176. The summed E-state index contributed by atoms with van der Waals surface area (Å²) in [5.74, 6) is 6.22. The molecule has 4 aromatic heterocycles. The van der Waals surface area contributed by atoms with Gasteiger partial charge in [0.05, 0.1) is 41.8 Å². The number of amides is 1. The summed E-state index contributed by atoms with van der Waals surface area (Å²) in [7, 11) is 0. The smallest absolute Gasteiger partial charge is 0.255 e. The third kappa shape index (κ3) is 6.14. The number of rotatable bonds is 7. The van der Waals surface area contributed by atoms with Gasteiger partial charge in [0.2, 0.25) is 0 Å². The summed E-state index contributed by atoms with van der Waals surface area (Å²) in [6.45, 7) is 8.03. The number of nitriles is 1. The number of imidazole rings is 1. The first-order chi connectivity index (χ1) is 21.7. The first-order valence-electron chi connectivity index (χ1n) is 14.2. The molecule has 3 N–H and O–H groups in total. The van der Waals surface area contributed by atoms with Gasteiger partial charge in [0.1, 0.15) is 18.3 Å². The molecule has 0 aliphatic heterocycles. The molecular formula is C34H30N10O. The van der Waals surface area contributed by atoms with E-state index in [2.05, 4.69) is 53.8 Å². The van der Waals surface area contributed by atoms with Crippen LogP contribution in [0.2, 0.25) is 0 Å². The highest BCUT2D eigenvalue weighted by Crippen LogP contribution is 2.28. The second kappa shape index (κ2) is 11.8. The summed E-state index contributed by atoms with van der Waals surface area (Å²) < 4.78 is 3.61. The van der Waals surface area contributed by atoms with E-state index in [1.807, 2.05) is 80.8 Å². The number of hydrogen-bond acceptors (Lipinski definition) is 7. The average Bonchev–Trinajstić information content (AvgIpc) is 3.80. The minimum absolute atomic E-state index is 0.265. The summed E-state index contributed by atoms with van der Waals surface area (Å²) in [6.07, 6.45) is 10.2. The number of carbonyl (C=O) groups excluding carboxylic acids is 1. The standard InChI is InChI=1S/C34H30N10O/c1-22-10-23(2)30(33(45)42-27-12-24(18-43-21-36-20-40-43)11-26(14-27)34(3,4)19-35)13-25(22)7-8-29-17-37-32-31(6-5-9-44(29)32)41-28-15-38-39-16-28/h5-6,9-17,20-21,41H,18H2,1-4H3,(H,38,39)(H,42,45). The van der Waals surface area contributed by atoms with Crippen LogP contribution < -0.4 is 10.6 Å². The first kappa shape index (κ1) is 28.9. The van der Waals surface area contributed by atoms with Gasteiger partial charge in [0, 0.05) is 29.2 Å². The van der Waals surface area contributed by atoms with Gasteiger partial charge in [-0.1, -0.05) is 18.1 Å². The molecule has 4 heterocycles. The van der Waals surface area contributed by atoms with Gasteiger partial charge in [0.15, 0.2) is 5.65 Å². The zero-order valence-electron chi connectivity index (χ0n) is 25.3. The molecule has 11 nitrogen and oxygen atoms in total. The Labute approximate surface area is 260 Å². The Morgan fingerprint density at radius 1 is 1.07 bits per heavy atom. The molecule has 0 atom stereocenters. The van der Waals surface area contributed by atoms with Crippen molar-refractivity contribution in [1.82, 2.24) is 34.3 Å². The second-order valence-corrected chi connectivity index (χ2v) is 11.3. The lowest BCUT2D eigenvalue weighted by molar-refractivity contribution is 0.102. The van der Waals surface area contributed by atoms with Crippen LogP contribution in [0.1, 0.15) is 57.7 Å². The van der Waals surface area contributed by atoms with E-state index in [1.165, 1.54) is 6.33 Å². The predicted octanol–water partition coefficient (Wildman–Crippen LogP) is 5.51. The number of fused-ring (bicyclic) bond motifs is 1. The molecule has 6 aromatic rings. The summed E-state index contributed by atoms with van der Waals surface area (Å²) in [5, 5.41) is 27.1. The van der Waals surface area contributed by atoms with Gasteiger partial charge >= 0.3 is 0 Å². The fourth-order valence-electron chi connectivity index (χ4n) is 5.02. The van der Waals surface area contributed by atoms with Crippen LogP contribution in [0.15, 0.2) is 79.9 Å². The lowest BCUT2D eigenvalue weighted by atomic mass is 9.85. The largest absolute Gasteiger partial charge is 0.350 e. The minimum atomic E-state index is -0.756. The number of benzene rings is 2. The molecule has 0 radical (unpaired) electrons. The van der Waals surface area contributed by atoms with Crippen molar-refractivity contribution in [1.29, 1.82) is 5.26 Å². The second-order valence-electron chi connectivity index (χ2n) is 11.3. The maximum Gasteiger partial charge on any atom is 0.255 e.